The second kappa shape index (κ2) is 9.43. The fourth-order valence-corrected chi connectivity index (χ4v) is 3.81. The maximum atomic E-state index is 12.4. The number of rotatable bonds is 6. The topological polar surface area (TPSA) is 74.3 Å². The van der Waals surface area contributed by atoms with Crippen LogP contribution in [-0.2, 0) is 17.9 Å². The van der Waals surface area contributed by atoms with Crippen molar-refractivity contribution < 1.29 is 9.59 Å². The van der Waals surface area contributed by atoms with Crippen molar-refractivity contribution in [3.05, 3.63) is 95.3 Å². The third-order valence-corrected chi connectivity index (χ3v) is 5.54. The Kier molecular flexibility index (Phi) is 6.26. The molecule has 2 heterocycles. The average Bonchev–Trinajstić information content (AvgIpc) is 3.15. The number of nitrogens with one attached hydrogen (secondary N) is 2. The van der Waals surface area contributed by atoms with Gasteiger partial charge < -0.3 is 15.5 Å². The minimum atomic E-state index is -0.250. The highest BCUT2D eigenvalue weighted by Gasteiger charge is 2.32. The summed E-state index contributed by atoms with van der Waals surface area (Å²) in [4.78, 5) is 30.7. The number of aryl methyl sites for hydroxylation is 1. The molecule has 0 unspecified atom stereocenters. The fourth-order valence-electron chi connectivity index (χ4n) is 3.81. The van der Waals surface area contributed by atoms with Gasteiger partial charge in [0.05, 0.1) is 6.04 Å². The van der Waals surface area contributed by atoms with Gasteiger partial charge in [-0.05, 0) is 48.2 Å². The molecule has 158 valence electrons. The number of likely N-dealkylation sites (tertiary alicyclic amines) is 1. The van der Waals surface area contributed by atoms with Crippen molar-refractivity contribution in [1.29, 1.82) is 0 Å². The molecular formula is C25H26N4O2. The molecule has 2 aromatic carbocycles. The van der Waals surface area contributed by atoms with Crippen LogP contribution in [0.5, 0.6) is 0 Å². The van der Waals surface area contributed by atoms with E-state index in [0.717, 1.165) is 23.1 Å². The molecule has 0 radical (unpaired) electrons. The summed E-state index contributed by atoms with van der Waals surface area (Å²) in [6.45, 7) is 3.04. The van der Waals surface area contributed by atoms with Crippen LogP contribution in [0.15, 0.2) is 73.1 Å². The lowest BCUT2D eigenvalue weighted by Gasteiger charge is -2.25. The van der Waals surface area contributed by atoms with Gasteiger partial charge in [0.1, 0.15) is 0 Å². The molecule has 1 aliphatic rings. The van der Waals surface area contributed by atoms with E-state index in [1.54, 1.807) is 6.20 Å². The molecule has 0 aliphatic carbocycles. The molecule has 0 bridgehead atoms. The summed E-state index contributed by atoms with van der Waals surface area (Å²) in [6, 6.07) is 19.4. The van der Waals surface area contributed by atoms with Gasteiger partial charge in [-0.1, -0.05) is 48.0 Å². The second-order valence-electron chi connectivity index (χ2n) is 7.85. The summed E-state index contributed by atoms with van der Waals surface area (Å²) in [6.07, 6.45) is 4.94. The van der Waals surface area contributed by atoms with Gasteiger partial charge in [0.15, 0.2) is 0 Å². The van der Waals surface area contributed by atoms with Crippen LogP contribution in [-0.4, -0.2) is 21.8 Å². The zero-order chi connectivity index (χ0) is 21.6. The second-order valence-corrected chi connectivity index (χ2v) is 7.85. The first-order valence-electron chi connectivity index (χ1n) is 10.5. The Labute approximate surface area is 182 Å². The van der Waals surface area contributed by atoms with Gasteiger partial charge in [0.25, 0.3) is 0 Å². The Morgan fingerprint density at radius 1 is 1.06 bits per heavy atom. The van der Waals surface area contributed by atoms with E-state index in [0.29, 0.717) is 25.2 Å². The number of benzene rings is 2. The first kappa shape index (κ1) is 20.6. The third-order valence-electron chi connectivity index (χ3n) is 5.54. The molecule has 0 spiro atoms. The molecule has 3 aromatic rings. The number of nitrogens with zero attached hydrogens (tertiary/aromatic N) is 2. The molecule has 1 atom stereocenters. The van der Waals surface area contributed by atoms with Crippen LogP contribution >= 0.6 is 0 Å². The minimum Gasteiger partial charge on any atom is -0.334 e. The number of aromatic nitrogens is 1. The lowest BCUT2D eigenvalue weighted by atomic mass is 10.1. The van der Waals surface area contributed by atoms with Crippen molar-refractivity contribution in [2.24, 2.45) is 0 Å². The molecule has 6 nitrogen and oxygen atoms in total. The summed E-state index contributed by atoms with van der Waals surface area (Å²) in [7, 11) is 0. The highest BCUT2D eigenvalue weighted by atomic mass is 16.2. The number of urea groups is 1. The van der Waals surface area contributed by atoms with E-state index in [1.165, 1.54) is 5.56 Å². The van der Waals surface area contributed by atoms with E-state index >= 15 is 0 Å². The lowest BCUT2D eigenvalue weighted by Crippen LogP contribution is -2.28. The molecular weight excluding hydrogens is 388 g/mol. The number of hydrogen-bond acceptors (Lipinski definition) is 3. The molecule has 1 saturated heterocycles. The quantitative estimate of drug-likeness (QED) is 0.620. The van der Waals surface area contributed by atoms with Crippen LogP contribution in [0.3, 0.4) is 0 Å². The fraction of sp³-hybridized carbons (Fsp3) is 0.240. The first-order valence-corrected chi connectivity index (χ1v) is 10.5. The summed E-state index contributed by atoms with van der Waals surface area (Å²) >= 11 is 0. The number of pyridine rings is 1. The SMILES string of the molecule is Cc1ccc(CNC(=O)Nc2ccc(CN3C(=O)CC[C@@H]3c3cccnc3)cc2)cc1. The smallest absolute Gasteiger partial charge is 0.319 e. The number of carbonyl (C=O) groups is 2. The number of hydrogen-bond donors (Lipinski definition) is 2. The summed E-state index contributed by atoms with van der Waals surface area (Å²) < 4.78 is 0. The predicted octanol–water partition coefficient (Wildman–Crippen LogP) is 4.58. The number of carbonyl (C=O) groups excluding carboxylic acids is 2. The van der Waals surface area contributed by atoms with Crippen LogP contribution in [0.25, 0.3) is 0 Å². The minimum absolute atomic E-state index is 0.0616. The maximum absolute atomic E-state index is 12.4. The van der Waals surface area contributed by atoms with E-state index in [1.807, 2.05) is 78.7 Å². The van der Waals surface area contributed by atoms with Crippen LogP contribution < -0.4 is 10.6 Å². The van der Waals surface area contributed by atoms with Gasteiger partial charge in [-0.15, -0.1) is 0 Å². The molecule has 0 saturated carbocycles. The van der Waals surface area contributed by atoms with E-state index < -0.39 is 0 Å². The Balaban J connectivity index is 1.33. The van der Waals surface area contributed by atoms with Crippen LogP contribution in [0.4, 0.5) is 10.5 Å². The summed E-state index contributed by atoms with van der Waals surface area (Å²) in [5.74, 6) is 0.159. The normalized spacial score (nSPS) is 15.7. The Hall–Kier alpha value is -3.67. The zero-order valence-electron chi connectivity index (χ0n) is 17.5. The predicted molar refractivity (Wildman–Crippen MR) is 120 cm³/mol. The van der Waals surface area contributed by atoms with Crippen molar-refractivity contribution in [2.45, 2.75) is 38.9 Å². The van der Waals surface area contributed by atoms with E-state index in [4.69, 9.17) is 0 Å². The molecule has 2 N–H and O–H groups in total. The molecule has 1 fully saturated rings. The highest BCUT2D eigenvalue weighted by Crippen LogP contribution is 2.33. The van der Waals surface area contributed by atoms with Gasteiger partial charge in [-0.3, -0.25) is 9.78 Å². The van der Waals surface area contributed by atoms with E-state index in [-0.39, 0.29) is 18.0 Å². The van der Waals surface area contributed by atoms with Gasteiger partial charge in [-0.25, -0.2) is 4.79 Å². The van der Waals surface area contributed by atoms with E-state index in [9.17, 15) is 9.59 Å². The van der Waals surface area contributed by atoms with Gasteiger partial charge >= 0.3 is 6.03 Å². The van der Waals surface area contributed by atoms with Crippen LogP contribution in [0.1, 0.15) is 41.1 Å². The molecule has 4 rings (SSSR count). The van der Waals surface area contributed by atoms with Crippen molar-refractivity contribution in [3.8, 4) is 0 Å². The monoisotopic (exact) mass is 414 g/mol. The maximum Gasteiger partial charge on any atom is 0.319 e. The lowest BCUT2D eigenvalue weighted by molar-refractivity contribution is -0.129. The zero-order valence-corrected chi connectivity index (χ0v) is 17.5. The van der Waals surface area contributed by atoms with E-state index in [2.05, 4.69) is 15.6 Å². The standard InChI is InChI=1S/C25H26N4O2/c1-18-4-6-19(7-5-18)15-27-25(31)28-22-10-8-20(9-11-22)17-29-23(12-13-24(29)30)21-3-2-14-26-16-21/h2-11,14,16,23H,12-13,15,17H2,1H3,(H2,27,28,31)/t23-/m1/s1. The van der Waals surface area contributed by atoms with Gasteiger partial charge in [0, 0.05) is 37.6 Å². The summed E-state index contributed by atoms with van der Waals surface area (Å²) in [5, 5.41) is 5.71. The number of amides is 3. The van der Waals surface area contributed by atoms with Crippen molar-refractivity contribution in [2.75, 3.05) is 5.32 Å². The average molecular weight is 415 g/mol. The summed E-state index contributed by atoms with van der Waals surface area (Å²) in [5.41, 5.74) is 5.04. The Morgan fingerprint density at radius 3 is 2.52 bits per heavy atom. The van der Waals surface area contributed by atoms with Crippen LogP contribution in [0.2, 0.25) is 0 Å². The molecule has 31 heavy (non-hydrogen) atoms. The Morgan fingerprint density at radius 2 is 1.81 bits per heavy atom. The molecule has 1 aliphatic heterocycles. The third kappa shape index (κ3) is 5.28. The first-order chi connectivity index (χ1) is 15.1. The molecule has 1 aromatic heterocycles. The van der Waals surface area contributed by atoms with Crippen LogP contribution in [0, 0.1) is 6.92 Å². The van der Waals surface area contributed by atoms with Gasteiger partial charge in [-0.2, -0.15) is 0 Å². The Bertz CT molecular complexity index is 1030. The number of anilines is 1. The van der Waals surface area contributed by atoms with Gasteiger partial charge in [0.2, 0.25) is 5.91 Å². The van der Waals surface area contributed by atoms with Crippen molar-refractivity contribution >= 4 is 17.6 Å². The molecule has 3 amide bonds. The highest BCUT2D eigenvalue weighted by molar-refractivity contribution is 5.89. The largest absolute Gasteiger partial charge is 0.334 e. The van der Waals surface area contributed by atoms with Crippen molar-refractivity contribution in [3.63, 3.8) is 0 Å². The van der Waals surface area contributed by atoms with Crippen molar-refractivity contribution in [1.82, 2.24) is 15.2 Å². The molecule has 6 heteroatoms.